The van der Waals surface area contributed by atoms with Crippen LogP contribution in [0.2, 0.25) is 0 Å². The summed E-state index contributed by atoms with van der Waals surface area (Å²) in [4.78, 5) is 29.3. The third kappa shape index (κ3) is 2.95. The Morgan fingerprint density at radius 3 is 2.63 bits per heavy atom. The Morgan fingerprint density at radius 2 is 2.04 bits per heavy atom. The number of ether oxygens (including phenoxy) is 1. The van der Waals surface area contributed by atoms with E-state index in [9.17, 15) is 9.59 Å². The summed E-state index contributed by atoms with van der Waals surface area (Å²) < 4.78 is 6.96. The Kier molecular flexibility index (Phi) is 4.34. The van der Waals surface area contributed by atoms with Crippen molar-refractivity contribution in [2.24, 2.45) is 5.41 Å². The van der Waals surface area contributed by atoms with Crippen molar-refractivity contribution in [1.29, 1.82) is 0 Å². The van der Waals surface area contributed by atoms with Gasteiger partial charge in [-0.15, -0.1) is 0 Å². The molecular weight excluding hydrogens is 342 g/mol. The standard InChI is InChI=1S/C21H23N3O3/c1-14-5-3-6-18-22-17(13-24(14)18)23-19(25)15-7-9-16(10-8-15)21(11-4-12-21)20(26)27-2/h3,5-7,9,13H,4,8,10-12H2,1-2H3,(H,23,25). The van der Waals surface area contributed by atoms with Crippen molar-refractivity contribution in [2.45, 2.75) is 39.0 Å². The van der Waals surface area contributed by atoms with Crippen molar-refractivity contribution in [3.05, 3.63) is 53.4 Å². The van der Waals surface area contributed by atoms with Gasteiger partial charge >= 0.3 is 5.97 Å². The first-order chi connectivity index (χ1) is 13.0. The number of hydrogen-bond acceptors (Lipinski definition) is 4. The molecule has 140 valence electrons. The summed E-state index contributed by atoms with van der Waals surface area (Å²) in [6, 6.07) is 5.84. The van der Waals surface area contributed by atoms with Crippen LogP contribution in [0.5, 0.6) is 0 Å². The molecule has 1 N–H and O–H groups in total. The molecule has 27 heavy (non-hydrogen) atoms. The van der Waals surface area contributed by atoms with E-state index in [1.54, 1.807) is 0 Å². The topological polar surface area (TPSA) is 72.7 Å². The van der Waals surface area contributed by atoms with Crippen molar-refractivity contribution in [3.63, 3.8) is 0 Å². The van der Waals surface area contributed by atoms with Crippen LogP contribution < -0.4 is 5.32 Å². The lowest BCUT2D eigenvalue weighted by Crippen LogP contribution is -2.41. The highest BCUT2D eigenvalue weighted by Gasteiger charge is 2.48. The lowest BCUT2D eigenvalue weighted by molar-refractivity contribution is -0.155. The van der Waals surface area contributed by atoms with Crippen LogP contribution in [0.25, 0.3) is 5.65 Å². The lowest BCUT2D eigenvalue weighted by atomic mass is 9.62. The minimum Gasteiger partial charge on any atom is -0.468 e. The predicted octanol–water partition coefficient (Wildman–Crippen LogP) is 3.57. The average molecular weight is 365 g/mol. The minimum atomic E-state index is -0.466. The molecule has 0 bridgehead atoms. The van der Waals surface area contributed by atoms with E-state index < -0.39 is 5.41 Å². The number of methoxy groups -OCH3 is 1. The molecule has 1 fully saturated rings. The molecular formula is C21H23N3O3. The average Bonchev–Trinajstić information content (AvgIpc) is 3.05. The molecule has 2 aromatic rings. The summed E-state index contributed by atoms with van der Waals surface area (Å²) >= 11 is 0. The molecule has 6 nitrogen and oxygen atoms in total. The summed E-state index contributed by atoms with van der Waals surface area (Å²) in [5.41, 5.74) is 3.17. The first-order valence-electron chi connectivity index (χ1n) is 9.28. The molecule has 1 amide bonds. The highest BCUT2D eigenvalue weighted by Crippen LogP contribution is 2.50. The second-order valence-corrected chi connectivity index (χ2v) is 7.29. The molecule has 0 aromatic carbocycles. The van der Waals surface area contributed by atoms with Crippen LogP contribution in [0.15, 0.2) is 47.7 Å². The fraction of sp³-hybridized carbons (Fsp3) is 0.381. The zero-order chi connectivity index (χ0) is 19.0. The Morgan fingerprint density at radius 1 is 1.22 bits per heavy atom. The number of carbonyl (C=O) groups is 2. The highest BCUT2D eigenvalue weighted by molar-refractivity contribution is 6.03. The number of allylic oxidation sites excluding steroid dienone is 2. The fourth-order valence-corrected chi connectivity index (χ4v) is 4.01. The zero-order valence-electron chi connectivity index (χ0n) is 15.6. The molecule has 1 saturated carbocycles. The van der Waals surface area contributed by atoms with Crippen molar-refractivity contribution in [1.82, 2.24) is 9.38 Å². The molecule has 0 saturated heterocycles. The van der Waals surface area contributed by atoms with Gasteiger partial charge in [0.25, 0.3) is 5.91 Å². The number of carbonyl (C=O) groups excluding carboxylic acids is 2. The molecule has 6 heteroatoms. The third-order valence-electron chi connectivity index (χ3n) is 5.78. The molecule has 2 aliphatic rings. The van der Waals surface area contributed by atoms with Crippen LogP contribution in [0.4, 0.5) is 5.82 Å². The van der Waals surface area contributed by atoms with Gasteiger partial charge in [0.15, 0.2) is 5.82 Å². The van der Waals surface area contributed by atoms with E-state index in [-0.39, 0.29) is 11.9 Å². The van der Waals surface area contributed by atoms with Crippen molar-refractivity contribution in [2.75, 3.05) is 12.4 Å². The number of aromatic nitrogens is 2. The van der Waals surface area contributed by atoms with E-state index in [1.807, 2.05) is 47.9 Å². The number of fused-ring (bicyclic) bond motifs is 1. The van der Waals surface area contributed by atoms with E-state index in [4.69, 9.17) is 4.74 Å². The van der Waals surface area contributed by atoms with Gasteiger partial charge in [-0.25, -0.2) is 4.98 Å². The normalized spacial score (nSPS) is 18.3. The van der Waals surface area contributed by atoms with Gasteiger partial charge in [0, 0.05) is 11.3 Å². The number of nitrogens with one attached hydrogen (secondary N) is 1. The molecule has 2 aromatic heterocycles. The van der Waals surface area contributed by atoms with Gasteiger partial charge in [0.05, 0.1) is 18.7 Å². The molecule has 0 aliphatic heterocycles. The predicted molar refractivity (Wildman–Crippen MR) is 102 cm³/mol. The van der Waals surface area contributed by atoms with Gasteiger partial charge in [-0.2, -0.15) is 0 Å². The maximum Gasteiger partial charge on any atom is 0.315 e. The quantitative estimate of drug-likeness (QED) is 0.841. The molecule has 0 atom stereocenters. The van der Waals surface area contributed by atoms with Crippen molar-refractivity contribution < 1.29 is 14.3 Å². The summed E-state index contributed by atoms with van der Waals surface area (Å²) in [5.74, 6) is 0.239. The molecule has 0 radical (unpaired) electrons. The van der Waals surface area contributed by atoms with Crippen LogP contribution in [0, 0.1) is 12.3 Å². The van der Waals surface area contributed by atoms with Crippen LogP contribution >= 0.6 is 0 Å². The van der Waals surface area contributed by atoms with Crippen LogP contribution in [-0.4, -0.2) is 28.4 Å². The van der Waals surface area contributed by atoms with Crippen LogP contribution in [0.3, 0.4) is 0 Å². The summed E-state index contributed by atoms with van der Waals surface area (Å²) in [7, 11) is 1.44. The maximum atomic E-state index is 12.6. The van der Waals surface area contributed by atoms with E-state index in [1.165, 1.54) is 7.11 Å². The van der Waals surface area contributed by atoms with Gasteiger partial charge in [0.1, 0.15) is 5.65 Å². The molecule has 4 rings (SSSR count). The van der Waals surface area contributed by atoms with Gasteiger partial charge in [0.2, 0.25) is 0 Å². The third-order valence-corrected chi connectivity index (χ3v) is 5.78. The van der Waals surface area contributed by atoms with Crippen LogP contribution in [-0.2, 0) is 14.3 Å². The van der Waals surface area contributed by atoms with E-state index >= 15 is 0 Å². The first-order valence-corrected chi connectivity index (χ1v) is 9.28. The maximum absolute atomic E-state index is 12.6. The SMILES string of the molecule is COC(=O)C1(C2=CC=C(C(=O)Nc3cn4c(C)cccc4n3)CC2)CCC1. The van der Waals surface area contributed by atoms with Gasteiger partial charge in [-0.1, -0.05) is 30.2 Å². The van der Waals surface area contributed by atoms with Crippen LogP contribution in [0.1, 0.15) is 37.8 Å². The Balaban J connectivity index is 1.51. The smallest absolute Gasteiger partial charge is 0.315 e. The number of pyridine rings is 1. The Hall–Kier alpha value is -2.89. The number of rotatable bonds is 4. The fourth-order valence-electron chi connectivity index (χ4n) is 4.01. The zero-order valence-corrected chi connectivity index (χ0v) is 15.6. The largest absolute Gasteiger partial charge is 0.468 e. The minimum absolute atomic E-state index is 0.146. The second-order valence-electron chi connectivity index (χ2n) is 7.29. The van der Waals surface area contributed by atoms with E-state index in [2.05, 4.69) is 10.3 Å². The Bertz CT molecular complexity index is 980. The molecule has 0 unspecified atom stereocenters. The second kappa shape index (κ2) is 6.68. The number of amides is 1. The molecule has 2 heterocycles. The van der Waals surface area contributed by atoms with E-state index in [0.29, 0.717) is 24.2 Å². The van der Waals surface area contributed by atoms with E-state index in [0.717, 1.165) is 36.2 Å². The number of esters is 1. The van der Waals surface area contributed by atoms with Crippen molar-refractivity contribution in [3.8, 4) is 0 Å². The lowest BCUT2D eigenvalue weighted by Gasteiger charge is -2.41. The number of hydrogen-bond donors (Lipinski definition) is 1. The summed E-state index contributed by atoms with van der Waals surface area (Å²) in [6.45, 7) is 1.99. The van der Waals surface area contributed by atoms with Crippen molar-refractivity contribution >= 4 is 23.3 Å². The summed E-state index contributed by atoms with van der Waals surface area (Å²) in [5, 5.41) is 2.88. The highest BCUT2D eigenvalue weighted by atomic mass is 16.5. The monoisotopic (exact) mass is 365 g/mol. The van der Waals surface area contributed by atoms with Gasteiger partial charge in [-0.05, 0) is 44.7 Å². The first kappa shape index (κ1) is 17.5. The molecule has 0 spiro atoms. The number of nitrogens with zero attached hydrogens (tertiary/aromatic N) is 2. The number of aryl methyl sites for hydroxylation is 1. The summed E-state index contributed by atoms with van der Waals surface area (Å²) in [6.07, 6.45) is 9.62. The number of anilines is 1. The molecule has 2 aliphatic carbocycles. The Labute approximate surface area is 157 Å². The van der Waals surface area contributed by atoms with Gasteiger partial charge in [-0.3, -0.25) is 9.59 Å². The van der Waals surface area contributed by atoms with Gasteiger partial charge < -0.3 is 14.5 Å². The number of imidazole rings is 1.